The summed E-state index contributed by atoms with van der Waals surface area (Å²) in [5, 5.41) is 14.7. The van der Waals surface area contributed by atoms with Gasteiger partial charge >= 0.3 is 12.0 Å². The summed E-state index contributed by atoms with van der Waals surface area (Å²) in [6, 6.07) is 24.3. The van der Waals surface area contributed by atoms with E-state index >= 15 is 0 Å². The van der Waals surface area contributed by atoms with Gasteiger partial charge in [0.05, 0.1) is 5.56 Å². The number of aromatic nitrogens is 1. The average Bonchev–Trinajstić information content (AvgIpc) is 2.82. The number of nitrogens with one attached hydrogen (secondary N) is 2. The number of carbonyl (C=O) groups is 2. The zero-order valence-corrected chi connectivity index (χ0v) is 17.8. The van der Waals surface area contributed by atoms with E-state index in [1.54, 1.807) is 36.5 Å². The van der Waals surface area contributed by atoms with E-state index < -0.39 is 12.0 Å². The van der Waals surface area contributed by atoms with E-state index in [1.807, 2.05) is 49.4 Å². The van der Waals surface area contributed by atoms with Crippen LogP contribution >= 0.6 is 0 Å². The molecule has 2 amide bonds. The molecule has 0 fully saturated rings. The van der Waals surface area contributed by atoms with Crippen molar-refractivity contribution in [2.24, 2.45) is 0 Å². The van der Waals surface area contributed by atoms with E-state index in [0.29, 0.717) is 22.7 Å². The van der Waals surface area contributed by atoms with Gasteiger partial charge in [0.2, 0.25) is 5.88 Å². The molecule has 0 unspecified atom stereocenters. The smallest absolute Gasteiger partial charge is 0.335 e. The third kappa shape index (κ3) is 5.54. The molecule has 0 atom stereocenters. The Morgan fingerprint density at radius 1 is 0.848 bits per heavy atom. The molecule has 3 aromatic carbocycles. The van der Waals surface area contributed by atoms with Crippen LogP contribution in [0.4, 0.5) is 16.2 Å². The molecule has 0 bridgehead atoms. The topological polar surface area (TPSA) is 101 Å². The van der Waals surface area contributed by atoms with Crippen molar-refractivity contribution in [3.8, 4) is 22.8 Å². The lowest BCUT2D eigenvalue weighted by molar-refractivity contribution is 0.0697. The van der Waals surface area contributed by atoms with Crippen molar-refractivity contribution < 1.29 is 19.4 Å². The number of urea groups is 1. The van der Waals surface area contributed by atoms with Gasteiger partial charge in [0, 0.05) is 17.4 Å². The molecule has 0 aliphatic carbocycles. The molecule has 0 aliphatic heterocycles. The second-order valence-electron chi connectivity index (χ2n) is 7.32. The quantitative estimate of drug-likeness (QED) is 0.332. The molecule has 164 valence electrons. The van der Waals surface area contributed by atoms with Crippen LogP contribution in [0.25, 0.3) is 11.1 Å². The number of aromatic carboxylic acids is 1. The van der Waals surface area contributed by atoms with Gasteiger partial charge in [0.25, 0.3) is 0 Å². The van der Waals surface area contributed by atoms with E-state index in [-0.39, 0.29) is 11.4 Å². The van der Waals surface area contributed by atoms with Gasteiger partial charge < -0.3 is 20.5 Å². The van der Waals surface area contributed by atoms with E-state index in [0.717, 1.165) is 11.1 Å². The Hall–Kier alpha value is -4.65. The summed E-state index contributed by atoms with van der Waals surface area (Å²) in [7, 11) is 0. The molecule has 0 saturated carbocycles. The minimum Gasteiger partial charge on any atom is -0.478 e. The molecule has 4 rings (SSSR count). The summed E-state index contributed by atoms with van der Waals surface area (Å²) in [5.74, 6) is -0.196. The van der Waals surface area contributed by atoms with Crippen LogP contribution in [0.3, 0.4) is 0 Å². The number of hydrogen-bond acceptors (Lipinski definition) is 4. The molecule has 0 spiro atoms. The Labute approximate surface area is 190 Å². The standard InChI is InChI=1S/C26H21N3O4/c1-17-7-13-21(14-8-17)28-26(32)29-23-15-20(18-9-11-19(12-10-18)25(30)31)16-27-24(23)33-22-5-3-2-4-6-22/h2-16H,1H3,(H,30,31)(H2,28,29,32). The highest BCUT2D eigenvalue weighted by atomic mass is 16.5. The first-order chi connectivity index (χ1) is 16.0. The number of pyridine rings is 1. The monoisotopic (exact) mass is 439 g/mol. The fourth-order valence-electron chi connectivity index (χ4n) is 3.11. The van der Waals surface area contributed by atoms with E-state index in [2.05, 4.69) is 15.6 Å². The normalized spacial score (nSPS) is 10.3. The van der Waals surface area contributed by atoms with Crippen molar-refractivity contribution in [3.05, 3.63) is 102 Å². The molecule has 7 nitrogen and oxygen atoms in total. The molecule has 0 saturated heterocycles. The van der Waals surface area contributed by atoms with Crippen molar-refractivity contribution in [1.82, 2.24) is 4.98 Å². The lowest BCUT2D eigenvalue weighted by Gasteiger charge is -2.14. The van der Waals surface area contributed by atoms with Gasteiger partial charge in [-0.1, -0.05) is 48.0 Å². The second kappa shape index (κ2) is 9.65. The maximum absolute atomic E-state index is 12.7. The summed E-state index contributed by atoms with van der Waals surface area (Å²) >= 11 is 0. The first-order valence-corrected chi connectivity index (χ1v) is 10.2. The Bertz CT molecular complexity index is 1270. The molecule has 7 heteroatoms. The maximum atomic E-state index is 12.7. The number of nitrogens with zero attached hydrogens (tertiary/aromatic N) is 1. The van der Waals surface area contributed by atoms with Crippen LogP contribution in [0.5, 0.6) is 11.6 Å². The molecular formula is C26H21N3O4. The fourth-order valence-corrected chi connectivity index (χ4v) is 3.11. The summed E-state index contributed by atoms with van der Waals surface area (Å²) in [5.41, 5.74) is 3.73. The van der Waals surface area contributed by atoms with E-state index in [4.69, 9.17) is 9.84 Å². The lowest BCUT2D eigenvalue weighted by Crippen LogP contribution is -2.20. The molecular weight excluding hydrogens is 418 g/mol. The fraction of sp³-hybridized carbons (Fsp3) is 0.0385. The largest absolute Gasteiger partial charge is 0.478 e. The molecule has 3 N–H and O–H groups in total. The van der Waals surface area contributed by atoms with Crippen molar-refractivity contribution in [2.75, 3.05) is 10.6 Å². The van der Waals surface area contributed by atoms with Crippen molar-refractivity contribution >= 4 is 23.4 Å². The first kappa shape index (κ1) is 21.6. The number of benzene rings is 3. The average molecular weight is 439 g/mol. The molecule has 1 aromatic heterocycles. The SMILES string of the molecule is Cc1ccc(NC(=O)Nc2cc(-c3ccc(C(=O)O)cc3)cnc2Oc2ccccc2)cc1. The van der Waals surface area contributed by atoms with Crippen LogP contribution in [-0.2, 0) is 0 Å². The highest BCUT2D eigenvalue weighted by molar-refractivity contribution is 6.01. The minimum atomic E-state index is -0.999. The second-order valence-corrected chi connectivity index (χ2v) is 7.32. The number of aryl methyl sites for hydroxylation is 1. The number of ether oxygens (including phenoxy) is 1. The molecule has 4 aromatic rings. The molecule has 0 radical (unpaired) electrons. The maximum Gasteiger partial charge on any atom is 0.335 e. The predicted molar refractivity (Wildman–Crippen MR) is 127 cm³/mol. The van der Waals surface area contributed by atoms with Gasteiger partial charge in [-0.25, -0.2) is 14.6 Å². The number of rotatable bonds is 6. The highest BCUT2D eigenvalue weighted by Crippen LogP contribution is 2.32. The first-order valence-electron chi connectivity index (χ1n) is 10.2. The molecule has 0 aliphatic rings. The van der Waals surface area contributed by atoms with Gasteiger partial charge in [-0.15, -0.1) is 0 Å². The Morgan fingerprint density at radius 2 is 1.55 bits per heavy atom. The van der Waals surface area contributed by atoms with Gasteiger partial charge in [-0.05, 0) is 55.0 Å². The number of hydrogen-bond donors (Lipinski definition) is 3. The highest BCUT2D eigenvalue weighted by Gasteiger charge is 2.13. The predicted octanol–water partition coefficient (Wildman–Crippen LogP) is 6.19. The van der Waals surface area contributed by atoms with Crippen LogP contribution in [0.2, 0.25) is 0 Å². The van der Waals surface area contributed by atoms with Gasteiger partial charge in [0.15, 0.2) is 0 Å². The van der Waals surface area contributed by atoms with Crippen molar-refractivity contribution in [3.63, 3.8) is 0 Å². The summed E-state index contributed by atoms with van der Waals surface area (Å²) in [4.78, 5) is 28.2. The van der Waals surface area contributed by atoms with E-state index in [1.165, 1.54) is 12.1 Å². The lowest BCUT2D eigenvalue weighted by atomic mass is 10.1. The molecule has 33 heavy (non-hydrogen) atoms. The van der Waals surface area contributed by atoms with Crippen LogP contribution in [0.1, 0.15) is 15.9 Å². The molecule has 1 heterocycles. The van der Waals surface area contributed by atoms with Crippen LogP contribution in [0, 0.1) is 6.92 Å². The summed E-state index contributed by atoms with van der Waals surface area (Å²) in [6.45, 7) is 1.97. The number of carbonyl (C=O) groups excluding carboxylic acids is 1. The number of carboxylic acids is 1. The third-order valence-electron chi connectivity index (χ3n) is 4.83. The Morgan fingerprint density at radius 3 is 2.21 bits per heavy atom. The number of para-hydroxylation sites is 1. The zero-order valence-electron chi connectivity index (χ0n) is 17.8. The van der Waals surface area contributed by atoms with Crippen LogP contribution in [0.15, 0.2) is 91.1 Å². The van der Waals surface area contributed by atoms with E-state index in [9.17, 15) is 9.59 Å². The van der Waals surface area contributed by atoms with Gasteiger partial charge in [-0.3, -0.25) is 0 Å². The Kier molecular flexibility index (Phi) is 6.31. The summed E-state index contributed by atoms with van der Waals surface area (Å²) in [6.07, 6.45) is 1.61. The van der Waals surface area contributed by atoms with Gasteiger partial charge in [-0.2, -0.15) is 0 Å². The summed E-state index contributed by atoms with van der Waals surface area (Å²) < 4.78 is 5.89. The minimum absolute atomic E-state index is 0.187. The van der Waals surface area contributed by atoms with Gasteiger partial charge in [0.1, 0.15) is 11.4 Å². The van der Waals surface area contributed by atoms with Crippen molar-refractivity contribution in [2.45, 2.75) is 6.92 Å². The Balaban J connectivity index is 1.62. The number of carboxylic acid groups (broad SMARTS) is 1. The van der Waals surface area contributed by atoms with Crippen LogP contribution in [-0.4, -0.2) is 22.1 Å². The third-order valence-corrected chi connectivity index (χ3v) is 4.83. The number of amides is 2. The number of anilines is 2. The van der Waals surface area contributed by atoms with Crippen LogP contribution < -0.4 is 15.4 Å². The zero-order chi connectivity index (χ0) is 23.2. The van der Waals surface area contributed by atoms with Crippen molar-refractivity contribution in [1.29, 1.82) is 0 Å².